The van der Waals surface area contributed by atoms with Gasteiger partial charge in [0.1, 0.15) is 5.75 Å². The van der Waals surface area contributed by atoms with Crippen molar-refractivity contribution in [2.24, 2.45) is 0 Å². The van der Waals surface area contributed by atoms with E-state index in [-0.39, 0.29) is 17.6 Å². The van der Waals surface area contributed by atoms with Crippen molar-refractivity contribution >= 4 is 23.1 Å². The van der Waals surface area contributed by atoms with Gasteiger partial charge in [-0.25, -0.2) is 0 Å². The molecule has 0 unspecified atom stereocenters. The van der Waals surface area contributed by atoms with Gasteiger partial charge in [-0.15, -0.1) is 0 Å². The minimum absolute atomic E-state index is 0.0249. The van der Waals surface area contributed by atoms with Crippen LogP contribution in [-0.2, 0) is 4.79 Å². The van der Waals surface area contributed by atoms with Crippen molar-refractivity contribution in [1.29, 1.82) is 0 Å². The van der Waals surface area contributed by atoms with Crippen LogP contribution in [0.3, 0.4) is 0 Å². The maximum absolute atomic E-state index is 14.2. The lowest BCUT2D eigenvalue weighted by Crippen LogP contribution is -2.38. The van der Waals surface area contributed by atoms with Gasteiger partial charge in [0, 0.05) is 23.3 Å². The van der Waals surface area contributed by atoms with Gasteiger partial charge in [0.2, 0.25) is 0 Å². The molecule has 0 fully saturated rings. The number of fused-ring (bicyclic) bond motifs is 1. The summed E-state index contributed by atoms with van der Waals surface area (Å²) in [5.41, 5.74) is 6.79. The predicted molar refractivity (Wildman–Crippen MR) is 154 cm³/mol. The molecule has 0 radical (unpaired) electrons. The molecular formula is C34H30N2O3. The Hall–Kier alpha value is -4.64. The third-order valence-corrected chi connectivity index (χ3v) is 7.71. The SMILES string of the molecule is COc1ccc([C@H]2CC(=O)C3=C(C2)Nc2ccccc2N(C(=O)c2ccccc2)[C@@H]3c2ccc(C)cc2)cc1. The summed E-state index contributed by atoms with van der Waals surface area (Å²) < 4.78 is 5.34. The summed E-state index contributed by atoms with van der Waals surface area (Å²) in [7, 11) is 1.65. The number of amides is 1. The summed E-state index contributed by atoms with van der Waals surface area (Å²) in [5, 5.41) is 3.60. The van der Waals surface area contributed by atoms with E-state index in [0.29, 0.717) is 24.0 Å². The Balaban J connectivity index is 1.53. The number of nitrogens with zero attached hydrogens (tertiary/aromatic N) is 1. The van der Waals surface area contributed by atoms with E-state index >= 15 is 0 Å². The van der Waals surface area contributed by atoms with Gasteiger partial charge in [-0.05, 0) is 66.8 Å². The van der Waals surface area contributed by atoms with Gasteiger partial charge in [-0.1, -0.05) is 72.3 Å². The van der Waals surface area contributed by atoms with Gasteiger partial charge >= 0.3 is 0 Å². The minimum atomic E-state index is -0.561. The Morgan fingerprint density at radius 1 is 0.821 bits per heavy atom. The second-order valence-electron chi connectivity index (χ2n) is 10.2. The quantitative estimate of drug-likeness (QED) is 0.312. The lowest BCUT2D eigenvalue weighted by molar-refractivity contribution is -0.116. The Morgan fingerprint density at radius 2 is 1.49 bits per heavy atom. The molecule has 0 spiro atoms. The van der Waals surface area contributed by atoms with Crippen LogP contribution in [0.15, 0.2) is 114 Å². The lowest BCUT2D eigenvalue weighted by Gasteiger charge is -2.35. The number of Topliss-reactive ketones (excluding diaryl/α,β-unsaturated/α-hetero) is 1. The molecule has 1 amide bonds. The van der Waals surface area contributed by atoms with E-state index in [1.54, 1.807) is 12.0 Å². The fraction of sp³-hybridized carbons (Fsp3) is 0.176. The van der Waals surface area contributed by atoms with Gasteiger partial charge in [0.05, 0.1) is 24.5 Å². The second kappa shape index (κ2) is 10.3. The van der Waals surface area contributed by atoms with Crippen molar-refractivity contribution in [3.63, 3.8) is 0 Å². The standard InChI is InChI=1S/C34H30N2O3/c1-22-12-14-24(15-13-22)33-32-29(20-26(21-31(32)37)23-16-18-27(39-2)19-17-23)35-28-10-6-7-11-30(28)36(33)34(38)25-8-4-3-5-9-25/h3-19,26,33,35H,20-21H2,1-2H3/t26-,33-/m1/s1. The number of allylic oxidation sites excluding steroid dienone is 1. The van der Waals surface area contributed by atoms with Gasteiger partial charge < -0.3 is 10.1 Å². The van der Waals surface area contributed by atoms with Crippen LogP contribution in [0.2, 0.25) is 0 Å². The van der Waals surface area contributed by atoms with E-state index in [2.05, 4.69) is 5.32 Å². The van der Waals surface area contributed by atoms with E-state index in [1.165, 1.54) is 0 Å². The molecule has 0 bridgehead atoms. The fourth-order valence-corrected chi connectivity index (χ4v) is 5.71. The zero-order valence-electron chi connectivity index (χ0n) is 22.1. The third-order valence-electron chi connectivity index (χ3n) is 7.71. The van der Waals surface area contributed by atoms with Crippen LogP contribution >= 0.6 is 0 Å². The largest absolute Gasteiger partial charge is 0.497 e. The summed E-state index contributed by atoms with van der Waals surface area (Å²) in [6.07, 6.45) is 1.04. The first-order valence-electron chi connectivity index (χ1n) is 13.2. The Bertz CT molecular complexity index is 1560. The highest BCUT2D eigenvalue weighted by Gasteiger charge is 2.41. The zero-order chi connectivity index (χ0) is 26.9. The first-order chi connectivity index (χ1) is 19.0. The van der Waals surface area contributed by atoms with Crippen molar-refractivity contribution in [1.82, 2.24) is 0 Å². The first-order valence-corrected chi connectivity index (χ1v) is 13.2. The number of benzene rings is 4. The van der Waals surface area contributed by atoms with Crippen LogP contribution in [0.4, 0.5) is 11.4 Å². The first kappa shape index (κ1) is 24.7. The molecule has 5 heteroatoms. The predicted octanol–water partition coefficient (Wildman–Crippen LogP) is 7.22. The van der Waals surface area contributed by atoms with Crippen molar-refractivity contribution in [2.45, 2.75) is 31.7 Å². The summed E-state index contributed by atoms with van der Waals surface area (Å²) in [6, 6.07) is 32.6. The number of carbonyl (C=O) groups excluding carboxylic acids is 2. The topological polar surface area (TPSA) is 58.6 Å². The fourth-order valence-electron chi connectivity index (χ4n) is 5.71. The maximum atomic E-state index is 14.2. The summed E-state index contributed by atoms with van der Waals surface area (Å²) in [6.45, 7) is 2.04. The number of ether oxygens (including phenoxy) is 1. The molecule has 6 rings (SSSR count). The van der Waals surface area contributed by atoms with Crippen molar-refractivity contribution in [2.75, 3.05) is 17.3 Å². The number of carbonyl (C=O) groups is 2. The Labute approximate surface area is 228 Å². The number of ketones is 1. The van der Waals surface area contributed by atoms with Crippen LogP contribution in [-0.4, -0.2) is 18.8 Å². The number of hydrogen-bond acceptors (Lipinski definition) is 4. The molecule has 0 aromatic heterocycles. The number of para-hydroxylation sites is 2. The summed E-state index contributed by atoms with van der Waals surface area (Å²) in [4.78, 5) is 30.2. The Kier molecular flexibility index (Phi) is 6.49. The van der Waals surface area contributed by atoms with Gasteiger partial charge in [0.15, 0.2) is 5.78 Å². The number of rotatable bonds is 4. The molecule has 4 aromatic carbocycles. The summed E-state index contributed by atoms with van der Waals surface area (Å²) >= 11 is 0. The van der Waals surface area contributed by atoms with Crippen molar-refractivity contribution in [3.05, 3.63) is 137 Å². The normalized spacial score (nSPS) is 18.5. The van der Waals surface area contributed by atoms with Crippen LogP contribution in [0.25, 0.3) is 0 Å². The van der Waals surface area contributed by atoms with E-state index in [9.17, 15) is 9.59 Å². The molecule has 1 aliphatic heterocycles. The molecule has 5 nitrogen and oxygen atoms in total. The average molecular weight is 515 g/mol. The van der Waals surface area contributed by atoms with E-state index in [4.69, 9.17) is 4.74 Å². The van der Waals surface area contributed by atoms with Gasteiger partial charge in [0.25, 0.3) is 5.91 Å². The van der Waals surface area contributed by atoms with E-state index < -0.39 is 6.04 Å². The highest BCUT2D eigenvalue weighted by atomic mass is 16.5. The molecule has 1 heterocycles. The average Bonchev–Trinajstić information content (AvgIpc) is 3.12. The summed E-state index contributed by atoms with van der Waals surface area (Å²) in [5.74, 6) is 0.719. The van der Waals surface area contributed by atoms with Crippen molar-refractivity contribution in [3.8, 4) is 5.75 Å². The molecule has 2 atom stereocenters. The molecule has 39 heavy (non-hydrogen) atoms. The molecule has 194 valence electrons. The molecule has 1 aliphatic carbocycles. The second-order valence-corrected chi connectivity index (χ2v) is 10.2. The molecule has 1 N–H and O–H groups in total. The molecule has 4 aromatic rings. The number of anilines is 2. The number of hydrogen-bond donors (Lipinski definition) is 1. The smallest absolute Gasteiger partial charge is 0.259 e. The lowest BCUT2D eigenvalue weighted by atomic mass is 9.78. The monoisotopic (exact) mass is 514 g/mol. The van der Waals surface area contributed by atoms with E-state index in [1.807, 2.05) is 110 Å². The zero-order valence-corrected chi connectivity index (χ0v) is 22.1. The van der Waals surface area contributed by atoms with Crippen LogP contribution in [0, 0.1) is 6.92 Å². The molecular weight excluding hydrogens is 484 g/mol. The van der Waals surface area contributed by atoms with Crippen LogP contribution in [0.5, 0.6) is 5.75 Å². The van der Waals surface area contributed by atoms with Crippen molar-refractivity contribution < 1.29 is 14.3 Å². The molecule has 2 aliphatic rings. The molecule has 0 saturated heterocycles. The number of nitrogens with one attached hydrogen (secondary N) is 1. The number of aryl methyl sites for hydroxylation is 1. The molecule has 0 saturated carbocycles. The van der Waals surface area contributed by atoms with Gasteiger partial charge in [-0.2, -0.15) is 0 Å². The maximum Gasteiger partial charge on any atom is 0.259 e. The number of methoxy groups -OCH3 is 1. The Morgan fingerprint density at radius 3 is 2.21 bits per heavy atom. The van der Waals surface area contributed by atoms with Crippen LogP contribution in [0.1, 0.15) is 51.8 Å². The van der Waals surface area contributed by atoms with Crippen LogP contribution < -0.4 is 15.0 Å². The highest BCUT2D eigenvalue weighted by molar-refractivity contribution is 6.12. The third kappa shape index (κ3) is 4.61. The minimum Gasteiger partial charge on any atom is -0.497 e. The highest BCUT2D eigenvalue weighted by Crippen LogP contribution is 2.48. The van der Waals surface area contributed by atoms with Gasteiger partial charge in [-0.3, -0.25) is 14.5 Å². The van der Waals surface area contributed by atoms with E-state index in [0.717, 1.165) is 39.5 Å².